The van der Waals surface area contributed by atoms with Crippen molar-refractivity contribution in [2.45, 2.75) is 203 Å². The van der Waals surface area contributed by atoms with E-state index in [0.29, 0.717) is 53.3 Å². The minimum atomic E-state index is -1.83. The molecule has 3 heterocycles. The number of H-pyrrole nitrogens is 2. The zero-order valence-corrected chi connectivity index (χ0v) is 66.3. The van der Waals surface area contributed by atoms with Crippen LogP contribution < -0.4 is 86.3 Å². The van der Waals surface area contributed by atoms with Crippen molar-refractivity contribution in [3.8, 4) is 5.75 Å². The average Bonchev–Trinajstić information content (AvgIpc) is 1.64. The molecule has 118 heavy (non-hydrogen) atoms. The number of likely N-dealkylation sites (tertiary alicyclic amines) is 1. The summed E-state index contributed by atoms with van der Waals surface area (Å²) in [5.74, 6) is -15.1. The number of benzene rings is 3. The monoisotopic (exact) mass is 1650 g/mol. The maximum absolute atomic E-state index is 15.2. The van der Waals surface area contributed by atoms with E-state index in [1.165, 1.54) is 41.7 Å². The van der Waals surface area contributed by atoms with Gasteiger partial charge in [0, 0.05) is 81.1 Å². The number of nitrogens with one attached hydrogen (secondary N) is 16. The number of aliphatic carboxylic acids is 1. The van der Waals surface area contributed by atoms with Crippen molar-refractivity contribution in [3.05, 3.63) is 120 Å². The summed E-state index contributed by atoms with van der Waals surface area (Å²) < 4.78 is 0. The van der Waals surface area contributed by atoms with Crippen molar-refractivity contribution in [2.75, 3.05) is 39.4 Å². The van der Waals surface area contributed by atoms with Crippen molar-refractivity contribution in [1.82, 2.24) is 89.0 Å². The molecule has 40 nitrogen and oxygen atoms in total. The van der Waals surface area contributed by atoms with Crippen molar-refractivity contribution in [1.29, 1.82) is 5.41 Å². The third-order valence-corrected chi connectivity index (χ3v) is 19.5. The maximum Gasteiger partial charge on any atom is 0.303 e. The van der Waals surface area contributed by atoms with Gasteiger partial charge in [-0.05, 0) is 105 Å². The molecule has 14 amide bonds. The number of aliphatic hydroxyl groups is 2. The van der Waals surface area contributed by atoms with E-state index in [9.17, 15) is 78.0 Å². The Morgan fingerprint density at radius 3 is 1.60 bits per heavy atom. The van der Waals surface area contributed by atoms with Gasteiger partial charge in [0.2, 0.25) is 82.7 Å². The molecule has 1 saturated heterocycles. The number of hydrogen-bond acceptors (Lipinski definition) is 21. The van der Waals surface area contributed by atoms with Crippen molar-refractivity contribution in [2.24, 2.45) is 23.1 Å². The molecule has 0 spiro atoms. The SMILES string of the molecule is CCCC[C@H](NC(=O)[C@H](CO)NC(=O)[C@H](Cc1ccc(O)cc1)NC(=O)[C@H](CO)NC(C)=O)C(=O)N[C@@H](CCC(=O)O)C(=O)N[C@@H](Cc1cnc[nH]1)C(=O)N[C@H](Cc1ccccc1)C(=O)N[C@@H](CCCNC(=N)N)C(=O)N[C@@H](Cc1c[nH]c2ccccc12)C(=O)NCC(=O)N[C@H](CCCCN)C(=O)N1CCC[C@H]1C(=O)N[C@H](C(N)=O)C(C)C. The number of hydrogen-bond donors (Lipinski definition) is 23. The van der Waals surface area contributed by atoms with Crippen molar-refractivity contribution >= 4 is 106 Å². The number of amides is 14. The normalized spacial score (nSPS) is 15.2. The number of fused-ring (bicyclic) bond motifs is 1. The van der Waals surface area contributed by atoms with Crippen molar-refractivity contribution < 1.29 is 92.3 Å². The van der Waals surface area contributed by atoms with Gasteiger partial charge in [0.15, 0.2) is 5.96 Å². The van der Waals surface area contributed by atoms with Crippen LogP contribution in [0.3, 0.4) is 0 Å². The number of carboxylic acid groups (broad SMARTS) is 1. The Kier molecular flexibility index (Phi) is 38.4. The fraction of sp³-hybridized carbons (Fsp3) is 0.500. The van der Waals surface area contributed by atoms with Gasteiger partial charge in [-0.3, -0.25) is 77.3 Å². The van der Waals surface area contributed by atoms with Crippen LogP contribution in [0.5, 0.6) is 5.75 Å². The zero-order valence-electron chi connectivity index (χ0n) is 66.3. The molecule has 3 aromatic carbocycles. The Hall–Kier alpha value is -12.6. The number of guanidine groups is 1. The number of phenolic OH excluding ortho intramolecular Hbond substituents is 1. The molecule has 0 bridgehead atoms. The van der Waals surface area contributed by atoms with Gasteiger partial charge in [0.1, 0.15) is 78.3 Å². The number of rotatable bonds is 50. The number of aromatic nitrogens is 3. The lowest BCUT2D eigenvalue weighted by Crippen LogP contribution is -2.61. The summed E-state index contributed by atoms with van der Waals surface area (Å²) in [6.07, 6.45) is 3.71. The minimum Gasteiger partial charge on any atom is -0.508 e. The number of para-hydroxylation sites is 1. The number of aromatic amines is 2. The molecule has 0 unspecified atom stereocenters. The highest BCUT2D eigenvalue weighted by molar-refractivity contribution is 6.00. The van der Waals surface area contributed by atoms with Gasteiger partial charge < -0.3 is 122 Å². The highest BCUT2D eigenvalue weighted by Crippen LogP contribution is 2.23. The fourth-order valence-electron chi connectivity index (χ4n) is 13.1. The number of carbonyl (C=O) groups excluding carboxylic acids is 14. The van der Waals surface area contributed by atoms with Gasteiger partial charge in [0.05, 0.1) is 26.1 Å². The molecule has 0 aliphatic carbocycles. The largest absolute Gasteiger partial charge is 0.508 e. The number of carbonyl (C=O) groups is 15. The van der Waals surface area contributed by atoms with E-state index in [0.717, 1.165) is 6.92 Å². The maximum atomic E-state index is 15.2. The van der Waals surface area contributed by atoms with Gasteiger partial charge >= 0.3 is 5.97 Å². The first-order chi connectivity index (χ1) is 56.3. The number of carboxylic acids is 1. The quantitative estimate of drug-likeness (QED) is 0.01000. The third kappa shape index (κ3) is 30.6. The van der Waals surface area contributed by atoms with E-state index in [2.05, 4.69) is 84.1 Å². The summed E-state index contributed by atoms with van der Waals surface area (Å²) in [5.41, 5.74) is 19.3. The zero-order chi connectivity index (χ0) is 86.5. The Labute approximate surface area is 680 Å². The first-order valence-corrected chi connectivity index (χ1v) is 39.1. The molecule has 1 aliphatic rings. The summed E-state index contributed by atoms with van der Waals surface area (Å²) >= 11 is 0. The van der Waals surface area contributed by atoms with Crippen LogP contribution in [0.1, 0.15) is 127 Å². The van der Waals surface area contributed by atoms with Crippen LogP contribution in [-0.4, -0.2) is 247 Å². The fourth-order valence-corrected chi connectivity index (χ4v) is 13.1. The van der Waals surface area contributed by atoms with Gasteiger partial charge in [-0.15, -0.1) is 0 Å². The molecule has 0 radical (unpaired) electrons. The molecule has 0 saturated carbocycles. The molecule has 642 valence electrons. The van der Waals surface area contributed by atoms with Gasteiger partial charge in [-0.2, -0.15) is 0 Å². The lowest BCUT2D eigenvalue weighted by Gasteiger charge is -2.30. The first-order valence-electron chi connectivity index (χ1n) is 39.1. The Bertz CT molecular complexity index is 4240. The number of nitrogens with zero attached hydrogens (tertiary/aromatic N) is 2. The second-order valence-electron chi connectivity index (χ2n) is 29.0. The van der Waals surface area contributed by atoms with Crippen LogP contribution in [0.15, 0.2) is 97.6 Å². The van der Waals surface area contributed by atoms with Gasteiger partial charge in [-0.1, -0.05) is 94.3 Å². The predicted octanol–water partition coefficient (Wildman–Crippen LogP) is -4.10. The second-order valence-corrected chi connectivity index (χ2v) is 29.0. The van der Waals surface area contributed by atoms with Crippen LogP contribution in [0, 0.1) is 11.3 Å². The topological polar surface area (TPSA) is 643 Å². The van der Waals surface area contributed by atoms with E-state index in [-0.39, 0.29) is 101 Å². The molecular formula is C78H111N21O19. The first kappa shape index (κ1) is 94.3. The molecule has 1 fully saturated rings. The number of imidazole rings is 1. The Balaban J connectivity index is 1.25. The van der Waals surface area contributed by atoms with Crippen LogP contribution in [0.25, 0.3) is 10.9 Å². The van der Waals surface area contributed by atoms with Crippen LogP contribution in [0.4, 0.5) is 0 Å². The molecule has 1 aliphatic heterocycles. The third-order valence-electron chi connectivity index (χ3n) is 19.5. The minimum absolute atomic E-state index is 0.00399. The van der Waals surface area contributed by atoms with Crippen LogP contribution in [0.2, 0.25) is 0 Å². The van der Waals surface area contributed by atoms with E-state index in [4.69, 9.17) is 22.6 Å². The number of nitrogens with two attached hydrogens (primary N) is 3. The number of phenols is 1. The number of primary amides is 1. The average molecular weight is 1650 g/mol. The molecule has 26 N–H and O–H groups in total. The van der Waals surface area contributed by atoms with Crippen LogP contribution in [-0.2, 0) is 97.6 Å². The molecule has 5 aromatic rings. The smallest absolute Gasteiger partial charge is 0.303 e. The van der Waals surface area contributed by atoms with E-state index >= 15 is 14.4 Å². The highest BCUT2D eigenvalue weighted by atomic mass is 16.4. The molecule has 6 rings (SSSR count). The summed E-state index contributed by atoms with van der Waals surface area (Å²) in [6, 6.07) is 3.00. The summed E-state index contributed by atoms with van der Waals surface area (Å²) in [4.78, 5) is 220. The van der Waals surface area contributed by atoms with E-state index < -0.39 is 200 Å². The summed E-state index contributed by atoms with van der Waals surface area (Å²) in [6.45, 7) is 3.96. The highest BCUT2D eigenvalue weighted by Gasteiger charge is 2.41. The second kappa shape index (κ2) is 48.1. The number of unbranched alkanes of at least 4 members (excludes halogenated alkanes) is 2. The summed E-state index contributed by atoms with van der Waals surface area (Å²) in [5, 5.41) is 81.9. The van der Waals surface area contributed by atoms with E-state index in [1.54, 1.807) is 81.6 Å². The Morgan fingerprint density at radius 1 is 0.559 bits per heavy atom. The molecule has 2 aromatic heterocycles. The van der Waals surface area contributed by atoms with E-state index in [1.807, 2.05) is 0 Å². The lowest BCUT2D eigenvalue weighted by atomic mass is 10.0. The number of aromatic hydroxyl groups is 1. The Morgan fingerprint density at radius 2 is 1.07 bits per heavy atom. The van der Waals surface area contributed by atoms with Gasteiger partial charge in [-0.25, -0.2) is 4.98 Å². The standard InChI is InChI=1S/C78H111N21O19/c1-5-6-19-52(91-75(116)61(41-101)97-72(113)57(34-46-24-26-49(103)27-25-46)94-74(115)60(40-100)88-44(4)102)68(109)92-54(28-29-64(105)106)70(111)96-59(36-48-38-83-42-87-48)73(114)93-56(33-45-16-8-7-9-17-45)71(112)90-53(22-14-31-84-78(81)82)69(110)95-58(35-47-37-85-51-20-11-10-18-50(47)51)67(108)86-39-63(104)89-55(21-12-13-30-79)77(118)99-32-15-23-62(99)76(117)98-65(43(2)3)66(80)107/h7-11,16-18,20,24-27,37-38,42-43,52-62,65,85,100-101,103H,5-6,12-15,19,21-23,28-36,39-41,79H2,1-4H3,(H2,80,107)(H,83,87)(H,86,108)(H,88,102)(H,89,104)(H,90,112)(H,91,116)(H,92,109)(H,93,114)(H,94,115)(H,95,110)(H,96,111)(H,97,113)(H,98,117)(H,105,106)(H4,81,82,84)/t52-,53-,54-,55+,56+,57-,58-,59-,60-,61-,62-,65-/m0/s1. The van der Waals surface area contributed by atoms with Crippen molar-refractivity contribution in [3.63, 3.8) is 0 Å². The van der Waals surface area contributed by atoms with Gasteiger partial charge in [0.25, 0.3) is 0 Å². The molecule has 40 heteroatoms. The predicted molar refractivity (Wildman–Crippen MR) is 428 cm³/mol. The van der Waals surface area contributed by atoms with Crippen LogP contribution >= 0.6 is 0 Å². The molecular weight excluding hydrogens is 1530 g/mol. The summed E-state index contributed by atoms with van der Waals surface area (Å²) in [7, 11) is 0. The number of aliphatic hydroxyl groups excluding tert-OH is 2. The lowest BCUT2D eigenvalue weighted by molar-refractivity contribution is -0.142. The molecule has 12 atom stereocenters.